The lowest BCUT2D eigenvalue weighted by Gasteiger charge is -2.07. The molecule has 2 aromatic rings. The first kappa shape index (κ1) is 23.8. The van der Waals surface area contributed by atoms with Gasteiger partial charge in [0.05, 0.1) is 4.90 Å². The average molecular weight is 476 g/mol. The SMILES string of the molecule is CSc1cccc(NC(=O)COC(=O)CCCCCN=C2NS(=O)(=O)c3ccccc32)c1. The van der Waals surface area contributed by atoms with E-state index in [4.69, 9.17) is 4.74 Å². The third kappa shape index (κ3) is 6.57. The van der Waals surface area contributed by atoms with Gasteiger partial charge in [-0.15, -0.1) is 11.8 Å². The monoisotopic (exact) mass is 475 g/mol. The van der Waals surface area contributed by atoms with Gasteiger partial charge in [0.2, 0.25) is 0 Å². The third-order valence-corrected chi connectivity index (χ3v) is 6.81. The minimum absolute atomic E-state index is 0.210. The molecule has 0 spiro atoms. The molecule has 2 N–H and O–H groups in total. The zero-order chi connectivity index (χ0) is 23.0. The fraction of sp³-hybridized carbons (Fsp3) is 0.318. The summed E-state index contributed by atoms with van der Waals surface area (Å²) >= 11 is 1.57. The molecule has 0 aliphatic carbocycles. The highest BCUT2D eigenvalue weighted by Gasteiger charge is 2.29. The van der Waals surface area contributed by atoms with Gasteiger partial charge in [0.15, 0.2) is 6.61 Å². The first-order valence-electron chi connectivity index (χ1n) is 10.2. The number of amides is 1. The van der Waals surface area contributed by atoms with E-state index in [-0.39, 0.29) is 23.8 Å². The van der Waals surface area contributed by atoms with Crippen molar-refractivity contribution in [3.8, 4) is 0 Å². The van der Waals surface area contributed by atoms with Crippen LogP contribution in [0.2, 0.25) is 0 Å². The lowest BCUT2D eigenvalue weighted by Crippen LogP contribution is -2.22. The van der Waals surface area contributed by atoms with Gasteiger partial charge in [-0.3, -0.25) is 19.3 Å². The number of ether oxygens (including phenoxy) is 1. The van der Waals surface area contributed by atoms with Crippen LogP contribution in [0.1, 0.15) is 31.2 Å². The molecule has 1 aliphatic heterocycles. The zero-order valence-electron chi connectivity index (χ0n) is 17.7. The second kappa shape index (κ2) is 11.1. The molecule has 0 radical (unpaired) electrons. The van der Waals surface area contributed by atoms with Crippen molar-refractivity contribution >= 4 is 45.2 Å². The summed E-state index contributed by atoms with van der Waals surface area (Å²) < 4.78 is 31.6. The Morgan fingerprint density at radius 3 is 2.72 bits per heavy atom. The summed E-state index contributed by atoms with van der Waals surface area (Å²) in [5.74, 6) is -0.456. The number of esters is 1. The van der Waals surface area contributed by atoms with Crippen LogP contribution in [0, 0.1) is 0 Å². The second-order valence-electron chi connectivity index (χ2n) is 7.08. The standard InChI is InChI=1S/C22H25N3O5S2/c1-31-17-9-7-8-16(14-17)24-20(26)15-30-21(27)12-3-2-6-13-23-22-18-10-4-5-11-19(18)32(28,29)25-22/h4-5,7-11,14H,2-3,6,12-13,15H2,1H3,(H,23,25)(H,24,26). The van der Waals surface area contributed by atoms with Crippen LogP contribution >= 0.6 is 11.8 Å². The first-order valence-corrected chi connectivity index (χ1v) is 12.9. The van der Waals surface area contributed by atoms with Crippen molar-refractivity contribution in [1.82, 2.24) is 4.72 Å². The Balaban J connectivity index is 1.32. The van der Waals surface area contributed by atoms with Crippen LogP contribution in [-0.4, -0.2) is 45.5 Å². The fourth-order valence-electron chi connectivity index (χ4n) is 3.12. The molecule has 0 saturated heterocycles. The topological polar surface area (TPSA) is 114 Å². The molecule has 0 bridgehead atoms. The first-order chi connectivity index (χ1) is 15.4. The highest BCUT2D eigenvalue weighted by molar-refractivity contribution is 7.98. The number of nitrogens with one attached hydrogen (secondary N) is 2. The Bertz CT molecular complexity index is 1120. The molecule has 170 valence electrons. The predicted molar refractivity (Wildman–Crippen MR) is 124 cm³/mol. The number of carbonyl (C=O) groups is 2. The van der Waals surface area contributed by atoms with E-state index < -0.39 is 16.0 Å². The number of benzene rings is 2. The Morgan fingerprint density at radius 1 is 1.09 bits per heavy atom. The Labute approximate surface area is 191 Å². The molecule has 1 amide bonds. The van der Waals surface area contributed by atoms with Gasteiger partial charge in [0, 0.05) is 29.1 Å². The molecular formula is C22H25N3O5S2. The number of sulfonamides is 1. The molecule has 1 heterocycles. The summed E-state index contributed by atoms with van der Waals surface area (Å²) in [6.45, 7) is 0.119. The van der Waals surface area contributed by atoms with Crippen molar-refractivity contribution in [2.24, 2.45) is 4.99 Å². The summed E-state index contributed by atoms with van der Waals surface area (Å²) in [7, 11) is -3.53. The van der Waals surface area contributed by atoms with Crippen LogP contribution < -0.4 is 10.0 Å². The quantitative estimate of drug-likeness (QED) is 0.310. The molecule has 3 rings (SSSR count). The molecule has 10 heteroatoms. The summed E-state index contributed by atoms with van der Waals surface area (Å²) in [6.07, 6.45) is 4.19. The number of unbranched alkanes of at least 4 members (excludes halogenated alkanes) is 2. The van der Waals surface area contributed by atoms with E-state index in [1.807, 2.05) is 24.5 Å². The lowest BCUT2D eigenvalue weighted by molar-refractivity contribution is -0.147. The van der Waals surface area contributed by atoms with Crippen LogP contribution in [0.15, 0.2) is 63.3 Å². The number of anilines is 1. The number of nitrogens with zero attached hydrogens (tertiary/aromatic N) is 1. The van der Waals surface area contributed by atoms with Gasteiger partial charge in [-0.05, 0) is 49.4 Å². The molecule has 8 nitrogen and oxygen atoms in total. The van der Waals surface area contributed by atoms with Gasteiger partial charge in [0.25, 0.3) is 15.9 Å². The van der Waals surface area contributed by atoms with Crippen LogP contribution in [0.4, 0.5) is 5.69 Å². The molecule has 1 aliphatic rings. The number of hydrogen-bond donors (Lipinski definition) is 2. The Morgan fingerprint density at radius 2 is 1.91 bits per heavy atom. The molecule has 32 heavy (non-hydrogen) atoms. The molecule has 2 aromatic carbocycles. The normalized spacial score (nSPS) is 15.1. The number of aliphatic imine (C=N–C) groups is 1. The summed E-state index contributed by atoms with van der Waals surface area (Å²) in [5.41, 5.74) is 1.24. The van der Waals surface area contributed by atoms with E-state index in [0.29, 0.717) is 36.5 Å². The van der Waals surface area contributed by atoms with Crippen molar-refractivity contribution < 1.29 is 22.7 Å². The molecule has 0 saturated carbocycles. The number of amidine groups is 1. The van der Waals surface area contributed by atoms with E-state index in [9.17, 15) is 18.0 Å². The number of carbonyl (C=O) groups excluding carboxylic acids is 2. The van der Waals surface area contributed by atoms with Crippen molar-refractivity contribution in [3.63, 3.8) is 0 Å². The maximum atomic E-state index is 12.0. The smallest absolute Gasteiger partial charge is 0.306 e. The minimum atomic E-state index is -3.53. The van der Waals surface area contributed by atoms with E-state index in [2.05, 4.69) is 15.0 Å². The van der Waals surface area contributed by atoms with E-state index in [0.717, 1.165) is 11.3 Å². The van der Waals surface area contributed by atoms with Crippen LogP contribution in [0.5, 0.6) is 0 Å². The largest absolute Gasteiger partial charge is 0.456 e. The van der Waals surface area contributed by atoms with Gasteiger partial charge in [-0.2, -0.15) is 0 Å². The van der Waals surface area contributed by atoms with Gasteiger partial charge in [0.1, 0.15) is 5.84 Å². The Hall–Kier alpha value is -2.85. The molecule has 0 atom stereocenters. The maximum absolute atomic E-state index is 12.0. The van der Waals surface area contributed by atoms with E-state index >= 15 is 0 Å². The van der Waals surface area contributed by atoms with Crippen molar-refractivity contribution in [2.75, 3.05) is 24.7 Å². The maximum Gasteiger partial charge on any atom is 0.306 e. The summed E-state index contributed by atoms with van der Waals surface area (Å²) in [6, 6.07) is 14.1. The fourth-order valence-corrected chi connectivity index (χ4v) is 4.83. The van der Waals surface area contributed by atoms with Gasteiger partial charge < -0.3 is 10.1 Å². The predicted octanol–water partition coefficient (Wildman–Crippen LogP) is 3.19. The average Bonchev–Trinajstić information content (AvgIpc) is 3.05. The van der Waals surface area contributed by atoms with Crippen molar-refractivity contribution in [3.05, 3.63) is 54.1 Å². The van der Waals surface area contributed by atoms with Gasteiger partial charge in [-0.25, -0.2) is 8.42 Å². The minimum Gasteiger partial charge on any atom is -0.456 e. The van der Waals surface area contributed by atoms with E-state index in [1.165, 1.54) is 0 Å². The zero-order valence-corrected chi connectivity index (χ0v) is 19.3. The second-order valence-corrected chi connectivity index (χ2v) is 9.61. The Kier molecular flexibility index (Phi) is 8.29. The van der Waals surface area contributed by atoms with Gasteiger partial charge in [-0.1, -0.05) is 24.6 Å². The van der Waals surface area contributed by atoms with Crippen molar-refractivity contribution in [2.45, 2.75) is 35.5 Å². The number of fused-ring (bicyclic) bond motifs is 1. The number of hydrogen-bond acceptors (Lipinski definition) is 7. The highest BCUT2D eigenvalue weighted by atomic mass is 32.2. The number of rotatable bonds is 10. The summed E-state index contributed by atoms with van der Waals surface area (Å²) in [5, 5.41) is 2.70. The third-order valence-electron chi connectivity index (χ3n) is 4.69. The molecule has 0 unspecified atom stereocenters. The van der Waals surface area contributed by atoms with E-state index in [1.54, 1.807) is 42.1 Å². The summed E-state index contributed by atoms with van der Waals surface area (Å²) in [4.78, 5) is 29.4. The van der Waals surface area contributed by atoms with Crippen LogP contribution in [0.25, 0.3) is 0 Å². The van der Waals surface area contributed by atoms with Crippen LogP contribution in [0.3, 0.4) is 0 Å². The van der Waals surface area contributed by atoms with Crippen LogP contribution in [-0.2, 0) is 24.3 Å². The molecular weight excluding hydrogens is 450 g/mol. The molecule has 0 fully saturated rings. The highest BCUT2D eigenvalue weighted by Crippen LogP contribution is 2.22. The van der Waals surface area contributed by atoms with Gasteiger partial charge >= 0.3 is 5.97 Å². The lowest BCUT2D eigenvalue weighted by atomic mass is 10.2. The molecule has 0 aromatic heterocycles. The van der Waals surface area contributed by atoms with Crippen molar-refractivity contribution in [1.29, 1.82) is 0 Å². The number of thioether (sulfide) groups is 1.